The topological polar surface area (TPSA) is 57.6 Å². The SMILES string of the molecule is CCCN(C=O)C(C(=O)O)c1ccccc1F. The number of hydrogen-bond donors (Lipinski definition) is 1. The van der Waals surface area contributed by atoms with Crippen molar-refractivity contribution in [3.63, 3.8) is 0 Å². The highest BCUT2D eigenvalue weighted by Gasteiger charge is 2.28. The summed E-state index contributed by atoms with van der Waals surface area (Å²) in [7, 11) is 0. The zero-order valence-electron chi connectivity index (χ0n) is 9.47. The molecule has 1 rings (SSSR count). The van der Waals surface area contributed by atoms with Crippen molar-refractivity contribution in [1.82, 2.24) is 4.90 Å². The standard InChI is InChI=1S/C12H14FNO3/c1-2-7-14(8-15)11(12(16)17)9-5-3-4-6-10(9)13/h3-6,8,11H,2,7H2,1H3,(H,16,17). The zero-order chi connectivity index (χ0) is 12.8. The Morgan fingerprint density at radius 2 is 2.18 bits per heavy atom. The maximum Gasteiger partial charge on any atom is 0.331 e. The Hall–Kier alpha value is -1.91. The second-order valence-corrected chi connectivity index (χ2v) is 3.61. The Morgan fingerprint density at radius 1 is 1.53 bits per heavy atom. The van der Waals surface area contributed by atoms with Crippen molar-refractivity contribution in [1.29, 1.82) is 0 Å². The van der Waals surface area contributed by atoms with E-state index >= 15 is 0 Å². The molecule has 0 aliphatic rings. The smallest absolute Gasteiger partial charge is 0.331 e. The van der Waals surface area contributed by atoms with Crippen LogP contribution in [0.15, 0.2) is 24.3 Å². The zero-order valence-corrected chi connectivity index (χ0v) is 9.47. The summed E-state index contributed by atoms with van der Waals surface area (Å²) in [4.78, 5) is 23.1. The fourth-order valence-corrected chi connectivity index (χ4v) is 1.65. The minimum absolute atomic E-state index is 0.000509. The first kappa shape index (κ1) is 13.2. The molecule has 0 bridgehead atoms. The number of carboxylic acid groups (broad SMARTS) is 1. The molecule has 0 fully saturated rings. The molecule has 5 heteroatoms. The summed E-state index contributed by atoms with van der Waals surface area (Å²) in [6, 6.07) is 4.31. The van der Waals surface area contributed by atoms with Gasteiger partial charge in [0.15, 0.2) is 6.04 Å². The van der Waals surface area contributed by atoms with Gasteiger partial charge in [-0.05, 0) is 12.5 Å². The molecule has 1 atom stereocenters. The van der Waals surface area contributed by atoms with Gasteiger partial charge in [0.25, 0.3) is 0 Å². The normalized spacial score (nSPS) is 11.9. The predicted molar refractivity (Wildman–Crippen MR) is 59.8 cm³/mol. The van der Waals surface area contributed by atoms with E-state index in [0.717, 1.165) is 4.90 Å². The van der Waals surface area contributed by atoms with Crippen LogP contribution < -0.4 is 0 Å². The lowest BCUT2D eigenvalue weighted by atomic mass is 10.0. The first-order valence-corrected chi connectivity index (χ1v) is 5.30. The van der Waals surface area contributed by atoms with Gasteiger partial charge in [-0.25, -0.2) is 9.18 Å². The van der Waals surface area contributed by atoms with Gasteiger partial charge in [0.2, 0.25) is 6.41 Å². The van der Waals surface area contributed by atoms with Crippen molar-refractivity contribution < 1.29 is 19.1 Å². The van der Waals surface area contributed by atoms with E-state index in [-0.39, 0.29) is 12.1 Å². The number of aliphatic carboxylic acids is 1. The van der Waals surface area contributed by atoms with Gasteiger partial charge in [-0.1, -0.05) is 25.1 Å². The van der Waals surface area contributed by atoms with Crippen LogP contribution in [0.4, 0.5) is 4.39 Å². The average Bonchev–Trinajstić information content (AvgIpc) is 2.30. The molecular weight excluding hydrogens is 225 g/mol. The van der Waals surface area contributed by atoms with Gasteiger partial charge >= 0.3 is 5.97 Å². The molecule has 1 amide bonds. The van der Waals surface area contributed by atoms with E-state index in [4.69, 9.17) is 5.11 Å². The lowest BCUT2D eigenvalue weighted by Crippen LogP contribution is -2.34. The van der Waals surface area contributed by atoms with Crippen LogP contribution in [0.25, 0.3) is 0 Å². The highest BCUT2D eigenvalue weighted by Crippen LogP contribution is 2.22. The maximum absolute atomic E-state index is 13.5. The molecule has 0 saturated carbocycles. The van der Waals surface area contributed by atoms with E-state index in [1.165, 1.54) is 18.2 Å². The quantitative estimate of drug-likeness (QED) is 0.770. The number of amides is 1. The summed E-state index contributed by atoms with van der Waals surface area (Å²) in [5.41, 5.74) is 0.000509. The molecule has 92 valence electrons. The Bertz CT molecular complexity index is 408. The van der Waals surface area contributed by atoms with Crippen LogP contribution >= 0.6 is 0 Å². The van der Waals surface area contributed by atoms with Crippen molar-refractivity contribution in [3.8, 4) is 0 Å². The third kappa shape index (κ3) is 3.03. The van der Waals surface area contributed by atoms with Gasteiger partial charge < -0.3 is 10.0 Å². The van der Waals surface area contributed by atoms with Gasteiger partial charge in [-0.15, -0.1) is 0 Å². The molecule has 0 aliphatic carbocycles. The van der Waals surface area contributed by atoms with E-state index in [2.05, 4.69) is 0 Å². The fraction of sp³-hybridized carbons (Fsp3) is 0.333. The highest BCUT2D eigenvalue weighted by atomic mass is 19.1. The summed E-state index contributed by atoms with van der Waals surface area (Å²) >= 11 is 0. The number of carboxylic acids is 1. The fourth-order valence-electron chi connectivity index (χ4n) is 1.65. The van der Waals surface area contributed by atoms with Gasteiger partial charge in [-0.2, -0.15) is 0 Å². The Labute approximate surface area is 98.7 Å². The molecule has 1 N–H and O–H groups in total. The molecule has 1 unspecified atom stereocenters. The van der Waals surface area contributed by atoms with Crippen LogP contribution in [0.1, 0.15) is 24.9 Å². The summed E-state index contributed by atoms with van der Waals surface area (Å²) in [5, 5.41) is 9.11. The first-order valence-electron chi connectivity index (χ1n) is 5.30. The predicted octanol–water partition coefficient (Wildman–Crippen LogP) is 1.82. The molecule has 0 aliphatic heterocycles. The number of benzene rings is 1. The summed E-state index contributed by atoms with van der Waals surface area (Å²) in [5.74, 6) is -1.86. The highest BCUT2D eigenvalue weighted by molar-refractivity contribution is 5.78. The minimum Gasteiger partial charge on any atom is -0.479 e. The second kappa shape index (κ2) is 5.98. The van der Waals surface area contributed by atoms with E-state index in [9.17, 15) is 14.0 Å². The van der Waals surface area contributed by atoms with E-state index < -0.39 is 17.8 Å². The number of rotatable bonds is 6. The lowest BCUT2D eigenvalue weighted by Gasteiger charge is -2.25. The average molecular weight is 239 g/mol. The molecule has 0 spiro atoms. The van der Waals surface area contributed by atoms with Crippen molar-refractivity contribution in [3.05, 3.63) is 35.6 Å². The van der Waals surface area contributed by atoms with Crippen molar-refractivity contribution in [2.75, 3.05) is 6.54 Å². The summed E-state index contributed by atoms with van der Waals surface area (Å²) < 4.78 is 13.5. The summed E-state index contributed by atoms with van der Waals surface area (Å²) in [6.07, 6.45) is 1.05. The van der Waals surface area contributed by atoms with Crippen LogP contribution in [-0.4, -0.2) is 28.9 Å². The van der Waals surface area contributed by atoms with Gasteiger partial charge in [0.1, 0.15) is 5.82 Å². The van der Waals surface area contributed by atoms with Crippen molar-refractivity contribution in [2.24, 2.45) is 0 Å². The van der Waals surface area contributed by atoms with Crippen molar-refractivity contribution >= 4 is 12.4 Å². The molecule has 17 heavy (non-hydrogen) atoms. The number of halogens is 1. The Morgan fingerprint density at radius 3 is 2.65 bits per heavy atom. The van der Waals surface area contributed by atoms with Gasteiger partial charge in [0.05, 0.1) is 0 Å². The largest absolute Gasteiger partial charge is 0.479 e. The van der Waals surface area contributed by atoms with E-state index in [0.29, 0.717) is 12.8 Å². The third-order valence-electron chi connectivity index (χ3n) is 2.38. The molecule has 1 aromatic carbocycles. The van der Waals surface area contributed by atoms with Crippen LogP contribution in [0.2, 0.25) is 0 Å². The van der Waals surface area contributed by atoms with Crippen LogP contribution in [-0.2, 0) is 9.59 Å². The molecule has 1 aromatic rings. The van der Waals surface area contributed by atoms with Crippen LogP contribution in [0.5, 0.6) is 0 Å². The summed E-state index contributed by atoms with van der Waals surface area (Å²) in [6.45, 7) is 2.09. The molecular formula is C12H14FNO3. The van der Waals surface area contributed by atoms with E-state index in [1.54, 1.807) is 6.07 Å². The number of carbonyl (C=O) groups excluding carboxylic acids is 1. The van der Waals surface area contributed by atoms with Gasteiger partial charge in [0, 0.05) is 12.1 Å². The molecule has 0 radical (unpaired) electrons. The maximum atomic E-state index is 13.5. The Balaban J connectivity index is 3.13. The first-order chi connectivity index (χ1) is 8.11. The van der Waals surface area contributed by atoms with Crippen LogP contribution in [0.3, 0.4) is 0 Å². The van der Waals surface area contributed by atoms with Gasteiger partial charge in [-0.3, -0.25) is 4.79 Å². The van der Waals surface area contributed by atoms with Crippen molar-refractivity contribution in [2.45, 2.75) is 19.4 Å². The molecule has 0 heterocycles. The molecule has 4 nitrogen and oxygen atoms in total. The van der Waals surface area contributed by atoms with E-state index in [1.807, 2.05) is 6.92 Å². The minimum atomic E-state index is -1.27. The number of hydrogen-bond acceptors (Lipinski definition) is 2. The number of nitrogens with zero attached hydrogens (tertiary/aromatic N) is 1. The molecule has 0 saturated heterocycles. The monoisotopic (exact) mass is 239 g/mol. The molecule has 0 aromatic heterocycles. The third-order valence-corrected chi connectivity index (χ3v) is 2.38. The number of carbonyl (C=O) groups is 2. The second-order valence-electron chi connectivity index (χ2n) is 3.61. The Kier molecular flexibility index (Phi) is 4.63. The van der Waals surface area contributed by atoms with Crippen LogP contribution in [0, 0.1) is 5.82 Å². The lowest BCUT2D eigenvalue weighted by molar-refractivity contribution is -0.146.